The van der Waals surface area contributed by atoms with Crippen molar-refractivity contribution in [2.24, 2.45) is 12.5 Å². The fourth-order valence-corrected chi connectivity index (χ4v) is 6.35. The molecule has 0 aromatic carbocycles. The van der Waals surface area contributed by atoms with Crippen molar-refractivity contribution in [2.45, 2.75) is 40.2 Å². The van der Waals surface area contributed by atoms with E-state index in [4.69, 9.17) is 4.74 Å². The molecular weight excluding hydrogens is 570 g/mol. The van der Waals surface area contributed by atoms with Gasteiger partial charge in [-0.3, -0.25) is 14.2 Å². The lowest BCUT2D eigenvalue weighted by atomic mass is 9.90. The maximum absolute atomic E-state index is 13.8. The van der Waals surface area contributed by atoms with E-state index in [2.05, 4.69) is 41.0 Å². The van der Waals surface area contributed by atoms with Crippen LogP contribution in [0, 0.1) is 5.41 Å². The number of likely N-dealkylation sites (N-methyl/N-ethyl adjacent to an activating group) is 1. The van der Waals surface area contributed by atoms with Crippen molar-refractivity contribution in [3.63, 3.8) is 0 Å². The molecule has 6 rings (SSSR count). The fourth-order valence-electron chi connectivity index (χ4n) is 6.35. The van der Waals surface area contributed by atoms with E-state index < -0.39 is 0 Å². The van der Waals surface area contributed by atoms with E-state index >= 15 is 0 Å². The summed E-state index contributed by atoms with van der Waals surface area (Å²) in [5.74, 6) is 0.870. The Hall–Kier alpha value is -4.74. The third kappa shape index (κ3) is 5.65. The Labute approximate surface area is 261 Å². The van der Waals surface area contributed by atoms with Gasteiger partial charge < -0.3 is 29.0 Å². The molecule has 5 heterocycles. The summed E-state index contributed by atoms with van der Waals surface area (Å²) in [5.41, 5.74) is 5.79. The van der Waals surface area contributed by atoms with Crippen LogP contribution >= 0.6 is 0 Å². The maximum atomic E-state index is 13.8. The molecule has 1 aliphatic rings. The zero-order valence-electron chi connectivity index (χ0n) is 26.4. The van der Waals surface area contributed by atoms with Crippen LogP contribution in [0.5, 0.6) is 0 Å². The van der Waals surface area contributed by atoms with Crippen LogP contribution in [0.3, 0.4) is 0 Å². The maximum Gasteiger partial charge on any atom is 0.280 e. The van der Waals surface area contributed by atoms with Gasteiger partial charge in [-0.1, -0.05) is 13.8 Å². The van der Waals surface area contributed by atoms with E-state index in [-0.39, 0.29) is 23.1 Å². The standard InChI is InChI=1S/C34H39N7O4/c1-6-39(13-14-45-5)24-7-8-30(36-19-24)37-27-15-23(20-38(4)32(27)43)25-9-10-35-31(26(25)21-42)41-12-11-40-28(33(41)44)16-22-17-34(2,3)18-29(22)40/h7-12,15-16,19-20,42H,6,13-14,17-18,21H2,1-5H3,(H,36,37). The van der Waals surface area contributed by atoms with Gasteiger partial charge in [-0.25, -0.2) is 9.97 Å². The Bertz CT molecular complexity index is 1990. The number of pyridine rings is 3. The quantitative estimate of drug-likeness (QED) is 0.243. The summed E-state index contributed by atoms with van der Waals surface area (Å²) in [6, 6.07) is 9.29. The molecule has 0 unspecified atom stereocenters. The van der Waals surface area contributed by atoms with Gasteiger partial charge >= 0.3 is 0 Å². The number of aliphatic hydroxyl groups is 1. The van der Waals surface area contributed by atoms with Crippen molar-refractivity contribution in [2.75, 3.05) is 37.0 Å². The zero-order valence-corrected chi connectivity index (χ0v) is 26.4. The van der Waals surface area contributed by atoms with Gasteiger partial charge in [0.1, 0.15) is 22.8 Å². The van der Waals surface area contributed by atoms with Crippen LogP contribution in [0.2, 0.25) is 0 Å². The molecule has 0 spiro atoms. The van der Waals surface area contributed by atoms with Crippen LogP contribution in [0.4, 0.5) is 17.2 Å². The second kappa shape index (κ2) is 12.0. The molecule has 0 aliphatic heterocycles. The number of ether oxygens (including phenoxy) is 1. The van der Waals surface area contributed by atoms with Gasteiger partial charge in [0.05, 0.1) is 25.1 Å². The number of aryl methyl sites for hydroxylation is 1. The number of aliphatic hydroxyl groups excluding tert-OH is 1. The molecule has 1 aliphatic carbocycles. The molecule has 5 aromatic rings. The highest BCUT2D eigenvalue weighted by atomic mass is 16.5. The normalized spacial score (nSPS) is 13.7. The highest BCUT2D eigenvalue weighted by Gasteiger charge is 2.31. The van der Waals surface area contributed by atoms with Crippen LogP contribution in [0.15, 0.2) is 70.9 Å². The second-order valence-corrected chi connectivity index (χ2v) is 12.3. The number of fused-ring (bicyclic) bond motifs is 3. The molecule has 0 saturated heterocycles. The predicted octanol–water partition coefficient (Wildman–Crippen LogP) is 4.08. The highest BCUT2D eigenvalue weighted by Crippen LogP contribution is 2.37. The number of hydrogen-bond acceptors (Lipinski definition) is 8. The number of anilines is 3. The van der Waals surface area contributed by atoms with Crippen molar-refractivity contribution in [1.29, 1.82) is 0 Å². The highest BCUT2D eigenvalue weighted by molar-refractivity contribution is 5.73. The molecule has 0 saturated carbocycles. The van der Waals surface area contributed by atoms with Crippen LogP contribution in [-0.2, 0) is 31.2 Å². The largest absolute Gasteiger partial charge is 0.392 e. The number of rotatable bonds is 10. The first-order chi connectivity index (χ1) is 21.6. The Morgan fingerprint density at radius 3 is 2.62 bits per heavy atom. The Kier molecular flexibility index (Phi) is 8.07. The van der Waals surface area contributed by atoms with Gasteiger partial charge in [0, 0.05) is 68.9 Å². The lowest BCUT2D eigenvalue weighted by Gasteiger charge is -2.22. The van der Waals surface area contributed by atoms with Crippen molar-refractivity contribution in [1.82, 2.24) is 23.5 Å². The third-order valence-corrected chi connectivity index (χ3v) is 8.59. The number of hydrogen-bond donors (Lipinski definition) is 2. The second-order valence-electron chi connectivity index (χ2n) is 12.3. The van der Waals surface area contributed by atoms with Gasteiger partial charge in [-0.2, -0.15) is 0 Å². The summed E-state index contributed by atoms with van der Waals surface area (Å²) in [4.78, 5) is 38.1. The van der Waals surface area contributed by atoms with Crippen LogP contribution < -0.4 is 21.3 Å². The molecule has 0 bridgehead atoms. The Morgan fingerprint density at radius 2 is 1.91 bits per heavy atom. The smallest absolute Gasteiger partial charge is 0.280 e. The van der Waals surface area contributed by atoms with Crippen LogP contribution in [0.25, 0.3) is 22.5 Å². The third-order valence-electron chi connectivity index (χ3n) is 8.59. The molecule has 0 atom stereocenters. The van der Waals surface area contributed by atoms with Crippen LogP contribution in [0.1, 0.15) is 37.6 Å². The topological polar surface area (TPSA) is 119 Å². The van der Waals surface area contributed by atoms with E-state index in [0.29, 0.717) is 46.1 Å². The lowest BCUT2D eigenvalue weighted by molar-refractivity contribution is 0.205. The van der Waals surface area contributed by atoms with Crippen LogP contribution in [-0.4, -0.2) is 55.4 Å². The van der Waals surface area contributed by atoms with Gasteiger partial charge in [-0.05, 0) is 66.6 Å². The summed E-state index contributed by atoms with van der Waals surface area (Å²) in [6.45, 7) is 8.37. The number of aromatic nitrogens is 5. The summed E-state index contributed by atoms with van der Waals surface area (Å²) in [7, 11) is 3.35. The predicted molar refractivity (Wildman–Crippen MR) is 176 cm³/mol. The number of nitrogens with one attached hydrogen (secondary N) is 1. The summed E-state index contributed by atoms with van der Waals surface area (Å²) in [6.07, 6.45) is 10.5. The van der Waals surface area contributed by atoms with Crippen molar-refractivity contribution in [3.8, 4) is 16.9 Å². The summed E-state index contributed by atoms with van der Waals surface area (Å²) < 4.78 is 10.2. The average Bonchev–Trinajstić information content (AvgIpc) is 3.52. The minimum absolute atomic E-state index is 0.171. The molecular formula is C34H39N7O4. The average molecular weight is 610 g/mol. The van der Waals surface area contributed by atoms with Gasteiger partial charge in [0.2, 0.25) is 0 Å². The Morgan fingerprint density at radius 1 is 1.09 bits per heavy atom. The molecule has 45 heavy (non-hydrogen) atoms. The molecule has 2 N–H and O–H groups in total. The molecule has 0 fully saturated rings. The van der Waals surface area contributed by atoms with Gasteiger partial charge in [0.15, 0.2) is 0 Å². The number of methoxy groups -OCH3 is 1. The SMILES string of the molecule is CCN(CCOC)c1ccc(Nc2cc(-c3ccnc(-n4ccn5c6c(cc5c4=O)CC(C)(C)C6)c3CO)cn(C)c2=O)nc1. The first-order valence-corrected chi connectivity index (χ1v) is 15.2. The molecule has 234 valence electrons. The minimum Gasteiger partial charge on any atom is -0.392 e. The van der Waals surface area contributed by atoms with E-state index in [0.717, 1.165) is 31.6 Å². The lowest BCUT2D eigenvalue weighted by Crippen LogP contribution is -2.26. The molecule has 0 radical (unpaired) electrons. The monoisotopic (exact) mass is 609 g/mol. The number of nitrogens with zero attached hydrogens (tertiary/aromatic N) is 6. The van der Waals surface area contributed by atoms with Crippen molar-refractivity contribution >= 4 is 22.7 Å². The summed E-state index contributed by atoms with van der Waals surface area (Å²) >= 11 is 0. The van der Waals surface area contributed by atoms with Crippen molar-refractivity contribution in [3.05, 3.63) is 98.8 Å². The van der Waals surface area contributed by atoms with Gasteiger partial charge in [-0.15, -0.1) is 0 Å². The first-order valence-electron chi connectivity index (χ1n) is 15.2. The molecule has 0 amide bonds. The van der Waals surface area contributed by atoms with E-state index in [1.54, 1.807) is 51.1 Å². The summed E-state index contributed by atoms with van der Waals surface area (Å²) in [5, 5.41) is 13.8. The van der Waals surface area contributed by atoms with E-state index in [1.165, 1.54) is 20.4 Å². The van der Waals surface area contributed by atoms with Gasteiger partial charge in [0.25, 0.3) is 11.1 Å². The molecule has 5 aromatic heterocycles. The van der Waals surface area contributed by atoms with E-state index in [9.17, 15) is 14.7 Å². The minimum atomic E-state index is -0.354. The van der Waals surface area contributed by atoms with Crippen molar-refractivity contribution < 1.29 is 9.84 Å². The van der Waals surface area contributed by atoms with E-state index in [1.807, 2.05) is 28.8 Å². The molecule has 11 heteroatoms. The Balaban J connectivity index is 1.35. The zero-order chi connectivity index (χ0) is 31.9. The fraction of sp³-hybridized carbons (Fsp3) is 0.353. The first kappa shape index (κ1) is 30.3. The molecule has 11 nitrogen and oxygen atoms in total.